The largest absolute Gasteiger partial charge is 0.399 e. The van der Waals surface area contributed by atoms with E-state index in [1.54, 1.807) is 0 Å². The molecule has 6 nitrogen and oxygen atoms in total. The minimum absolute atomic E-state index is 0.0805. The fourth-order valence-electron chi connectivity index (χ4n) is 6.08. The van der Waals surface area contributed by atoms with E-state index in [-0.39, 0.29) is 11.2 Å². The van der Waals surface area contributed by atoms with Gasteiger partial charge in [0.1, 0.15) is 0 Å². The Morgan fingerprint density at radius 3 is 2.56 bits per heavy atom. The molecule has 6 rings (SSSR count). The lowest BCUT2D eigenvalue weighted by Crippen LogP contribution is -2.51. The van der Waals surface area contributed by atoms with Gasteiger partial charge in [0, 0.05) is 83.2 Å². The smallest absolute Gasteiger partial charge is 0.195 e. The van der Waals surface area contributed by atoms with E-state index in [1.165, 1.54) is 5.69 Å². The average Bonchev–Trinajstić information content (AvgIpc) is 3.23. The van der Waals surface area contributed by atoms with Crippen molar-refractivity contribution in [2.45, 2.75) is 38.1 Å². The first-order valence-corrected chi connectivity index (χ1v) is 13.0. The molecule has 0 spiro atoms. The number of halogens is 1. The van der Waals surface area contributed by atoms with E-state index < -0.39 is 0 Å². The second kappa shape index (κ2) is 8.11. The van der Waals surface area contributed by atoms with Crippen molar-refractivity contribution in [3.8, 4) is 0 Å². The molecule has 0 unspecified atom stereocenters. The van der Waals surface area contributed by atoms with Crippen molar-refractivity contribution in [2.24, 2.45) is 0 Å². The summed E-state index contributed by atoms with van der Waals surface area (Å²) in [4.78, 5) is 22.3. The van der Waals surface area contributed by atoms with E-state index in [2.05, 4.69) is 50.6 Å². The van der Waals surface area contributed by atoms with Gasteiger partial charge in [-0.1, -0.05) is 19.9 Å². The first kappa shape index (κ1) is 22.1. The molecule has 1 aromatic heterocycles. The molecule has 2 fully saturated rings. The molecule has 3 aliphatic rings. The SMILES string of the molecule is CC1(C)c2cc(N3CCN(C4CCOCC4)CC3)c(Br)cc2C(=O)c2c1[nH]c1cc(N)ccc21. The minimum Gasteiger partial charge on any atom is -0.399 e. The number of carbonyl (C=O) groups excluding carboxylic acids is 1. The first-order chi connectivity index (χ1) is 16.3. The van der Waals surface area contributed by atoms with Crippen molar-refractivity contribution in [1.29, 1.82) is 0 Å². The van der Waals surface area contributed by atoms with Crippen molar-refractivity contribution < 1.29 is 9.53 Å². The van der Waals surface area contributed by atoms with Crippen molar-refractivity contribution >= 4 is 44.0 Å². The highest BCUT2D eigenvalue weighted by Crippen LogP contribution is 2.46. The van der Waals surface area contributed by atoms with Crippen LogP contribution in [0.4, 0.5) is 11.4 Å². The van der Waals surface area contributed by atoms with Gasteiger partial charge in [0.2, 0.25) is 0 Å². The number of carbonyl (C=O) groups is 1. The van der Waals surface area contributed by atoms with Crippen molar-refractivity contribution in [2.75, 3.05) is 50.0 Å². The van der Waals surface area contributed by atoms with Gasteiger partial charge in [0.15, 0.2) is 5.78 Å². The third kappa shape index (κ3) is 3.40. The fourth-order valence-corrected chi connectivity index (χ4v) is 6.67. The van der Waals surface area contributed by atoms with Crippen LogP contribution in [0, 0.1) is 0 Å². The van der Waals surface area contributed by atoms with Crippen molar-refractivity contribution in [3.63, 3.8) is 0 Å². The highest BCUT2D eigenvalue weighted by Gasteiger charge is 2.40. The second-order valence-electron chi connectivity index (χ2n) is 10.3. The summed E-state index contributed by atoms with van der Waals surface area (Å²) in [7, 11) is 0. The molecule has 3 heterocycles. The molecule has 0 atom stereocenters. The molecule has 2 aromatic carbocycles. The number of piperazine rings is 1. The number of benzene rings is 2. The molecular weight excluding hydrogens is 492 g/mol. The quantitative estimate of drug-likeness (QED) is 0.477. The van der Waals surface area contributed by atoms with Crippen LogP contribution >= 0.6 is 15.9 Å². The van der Waals surface area contributed by atoms with Crippen molar-refractivity contribution in [3.05, 3.63) is 57.2 Å². The number of rotatable bonds is 2. The van der Waals surface area contributed by atoms with E-state index in [1.807, 2.05) is 24.3 Å². The summed E-state index contributed by atoms with van der Waals surface area (Å²) in [6.45, 7) is 10.3. The fraction of sp³-hybridized carbons (Fsp3) is 0.444. The first-order valence-electron chi connectivity index (χ1n) is 12.2. The maximum atomic E-state index is 13.7. The molecule has 0 radical (unpaired) electrons. The second-order valence-corrected chi connectivity index (χ2v) is 11.2. The standard InChI is InChI=1S/C27H31BrN4O2/c1-27(2)20-15-23(32-9-7-31(8-10-32)17-5-11-34-12-6-17)21(28)14-19(20)25(33)24-18-4-3-16(29)13-22(18)30-26(24)27/h3-4,13-15,17,30H,5-12,29H2,1-2H3. The molecule has 3 N–H and O–H groups in total. The van der Waals surface area contributed by atoms with Gasteiger partial charge < -0.3 is 20.4 Å². The molecule has 2 saturated heterocycles. The van der Waals surface area contributed by atoms with Gasteiger partial charge in [0.25, 0.3) is 0 Å². The Balaban J connectivity index is 1.34. The summed E-state index contributed by atoms with van der Waals surface area (Å²) in [6, 6.07) is 10.7. The lowest BCUT2D eigenvalue weighted by Gasteiger charge is -2.42. The molecule has 0 amide bonds. The van der Waals surface area contributed by atoms with E-state index in [4.69, 9.17) is 10.5 Å². The molecule has 0 saturated carbocycles. The number of nitrogen functional groups attached to an aromatic ring is 1. The number of aromatic nitrogens is 1. The van der Waals surface area contributed by atoms with Gasteiger partial charge in [-0.3, -0.25) is 9.69 Å². The van der Waals surface area contributed by atoms with Crippen LogP contribution in [-0.2, 0) is 10.2 Å². The van der Waals surface area contributed by atoms with Gasteiger partial charge in [0.05, 0.1) is 11.3 Å². The number of nitrogens with zero attached hydrogens (tertiary/aromatic N) is 2. The van der Waals surface area contributed by atoms with Gasteiger partial charge in [-0.05, 0) is 58.6 Å². The number of hydrogen-bond acceptors (Lipinski definition) is 5. The van der Waals surface area contributed by atoms with Crippen LogP contribution in [0.25, 0.3) is 10.9 Å². The molecular formula is C27H31BrN4O2. The van der Waals surface area contributed by atoms with Gasteiger partial charge in [-0.15, -0.1) is 0 Å². The maximum absolute atomic E-state index is 13.7. The monoisotopic (exact) mass is 522 g/mol. The van der Waals surface area contributed by atoms with E-state index in [0.29, 0.717) is 11.7 Å². The molecule has 1 aliphatic carbocycles. The summed E-state index contributed by atoms with van der Waals surface area (Å²) in [5.74, 6) is 0.0805. The van der Waals surface area contributed by atoms with Crippen LogP contribution in [0.5, 0.6) is 0 Å². The number of nitrogens with two attached hydrogens (primary N) is 1. The zero-order valence-corrected chi connectivity index (χ0v) is 21.4. The average molecular weight is 523 g/mol. The maximum Gasteiger partial charge on any atom is 0.195 e. The number of ether oxygens (including phenoxy) is 1. The molecule has 7 heteroatoms. The number of fused-ring (bicyclic) bond motifs is 4. The van der Waals surface area contributed by atoms with Crippen LogP contribution < -0.4 is 10.6 Å². The lowest BCUT2D eigenvalue weighted by atomic mass is 9.71. The highest BCUT2D eigenvalue weighted by atomic mass is 79.9. The predicted octanol–water partition coefficient (Wildman–Crippen LogP) is 4.68. The Morgan fingerprint density at radius 2 is 1.82 bits per heavy atom. The van der Waals surface area contributed by atoms with E-state index in [0.717, 1.165) is 90.0 Å². The van der Waals surface area contributed by atoms with Crippen LogP contribution in [-0.4, -0.2) is 61.1 Å². The summed E-state index contributed by atoms with van der Waals surface area (Å²) < 4.78 is 6.54. The van der Waals surface area contributed by atoms with Gasteiger partial charge in [-0.25, -0.2) is 0 Å². The Bertz CT molecular complexity index is 1280. The Morgan fingerprint density at radius 1 is 1.09 bits per heavy atom. The van der Waals surface area contributed by atoms with E-state index >= 15 is 0 Å². The minimum atomic E-state index is -0.328. The van der Waals surface area contributed by atoms with Gasteiger partial charge >= 0.3 is 0 Å². The molecule has 178 valence electrons. The topological polar surface area (TPSA) is 74.6 Å². The number of hydrogen-bond donors (Lipinski definition) is 2. The number of anilines is 2. The Labute approximate surface area is 208 Å². The van der Waals surface area contributed by atoms with Gasteiger partial charge in [-0.2, -0.15) is 0 Å². The zero-order valence-electron chi connectivity index (χ0n) is 19.8. The Hall–Kier alpha value is -2.35. The summed E-state index contributed by atoms with van der Waals surface area (Å²) in [6.07, 6.45) is 2.27. The normalized spacial score (nSPS) is 21.0. The summed E-state index contributed by atoms with van der Waals surface area (Å²) in [5, 5.41) is 0.942. The van der Waals surface area contributed by atoms with E-state index in [9.17, 15) is 4.79 Å². The van der Waals surface area contributed by atoms with Crippen LogP contribution in [0.1, 0.15) is 53.9 Å². The number of H-pyrrole nitrogens is 1. The Kier molecular flexibility index (Phi) is 5.28. The third-order valence-electron chi connectivity index (χ3n) is 8.04. The molecule has 3 aromatic rings. The molecule has 0 bridgehead atoms. The highest BCUT2D eigenvalue weighted by molar-refractivity contribution is 9.10. The molecule has 34 heavy (non-hydrogen) atoms. The van der Waals surface area contributed by atoms with Crippen molar-refractivity contribution in [1.82, 2.24) is 9.88 Å². The number of aromatic amines is 1. The zero-order chi connectivity index (χ0) is 23.6. The lowest BCUT2D eigenvalue weighted by molar-refractivity contribution is 0.0321. The van der Waals surface area contributed by atoms with Crippen LogP contribution in [0.3, 0.4) is 0 Å². The summed E-state index contributed by atoms with van der Waals surface area (Å²) in [5.41, 5.74) is 12.1. The third-order valence-corrected chi connectivity index (χ3v) is 8.68. The summed E-state index contributed by atoms with van der Waals surface area (Å²) >= 11 is 3.81. The molecule has 2 aliphatic heterocycles. The predicted molar refractivity (Wildman–Crippen MR) is 140 cm³/mol. The van der Waals surface area contributed by atoms with Crippen LogP contribution in [0.2, 0.25) is 0 Å². The van der Waals surface area contributed by atoms with Crippen LogP contribution in [0.15, 0.2) is 34.8 Å². The number of ketones is 1. The number of nitrogens with one attached hydrogen (secondary N) is 1.